The van der Waals surface area contributed by atoms with Crippen LogP contribution in [-0.2, 0) is 0 Å². The lowest BCUT2D eigenvalue weighted by atomic mass is 10.1. The molecule has 1 atom stereocenters. The first kappa shape index (κ1) is 15.1. The molecule has 104 valence electrons. The van der Waals surface area contributed by atoms with Gasteiger partial charge in [0.25, 0.3) is 0 Å². The number of hydrogen-bond donors (Lipinski definition) is 0. The number of carbonyl (C=O) groups excluding carboxylic acids is 1. The van der Waals surface area contributed by atoms with Crippen LogP contribution in [0, 0.1) is 13.8 Å². The van der Waals surface area contributed by atoms with Crippen LogP contribution in [0.3, 0.4) is 0 Å². The highest BCUT2D eigenvalue weighted by atomic mass is 35.5. The molecule has 0 spiro atoms. The third-order valence-electron chi connectivity index (χ3n) is 3.13. The molecule has 0 amide bonds. The summed E-state index contributed by atoms with van der Waals surface area (Å²) in [6.07, 6.45) is 0. The van der Waals surface area contributed by atoms with Crippen LogP contribution in [0.2, 0.25) is 5.02 Å². The third kappa shape index (κ3) is 3.65. The van der Waals surface area contributed by atoms with E-state index in [-0.39, 0.29) is 11.0 Å². The molecule has 2 aromatic carbocycles. The maximum Gasteiger partial charge on any atom is 0.175 e. The number of Topliss-reactive ketones (excluding diaryl/α,β-unsaturated/α-hetero) is 1. The summed E-state index contributed by atoms with van der Waals surface area (Å²) in [7, 11) is 0. The van der Waals surface area contributed by atoms with Crippen LogP contribution < -0.4 is 0 Å². The summed E-state index contributed by atoms with van der Waals surface area (Å²) in [4.78, 5) is 13.5. The van der Waals surface area contributed by atoms with Crippen LogP contribution in [0.5, 0.6) is 0 Å². The monoisotopic (exact) mass is 304 g/mol. The summed E-state index contributed by atoms with van der Waals surface area (Å²) < 4.78 is 0. The Kier molecular flexibility index (Phi) is 4.90. The fraction of sp³-hybridized carbons (Fsp3) is 0.235. The van der Waals surface area contributed by atoms with E-state index in [1.807, 2.05) is 6.92 Å². The van der Waals surface area contributed by atoms with Crippen LogP contribution in [0.4, 0.5) is 0 Å². The Hall–Kier alpha value is -1.25. The van der Waals surface area contributed by atoms with Crippen LogP contribution in [0.25, 0.3) is 0 Å². The van der Waals surface area contributed by atoms with Crippen LogP contribution in [-0.4, -0.2) is 11.0 Å². The molecule has 0 heterocycles. The first-order chi connectivity index (χ1) is 9.47. The van der Waals surface area contributed by atoms with Gasteiger partial charge in [-0.15, -0.1) is 11.8 Å². The zero-order valence-electron chi connectivity index (χ0n) is 11.8. The van der Waals surface area contributed by atoms with Gasteiger partial charge in [0.1, 0.15) is 0 Å². The van der Waals surface area contributed by atoms with Gasteiger partial charge in [0.15, 0.2) is 5.78 Å². The molecule has 2 rings (SSSR count). The van der Waals surface area contributed by atoms with Crippen LogP contribution in [0.1, 0.15) is 28.4 Å². The zero-order chi connectivity index (χ0) is 14.7. The number of benzene rings is 2. The van der Waals surface area contributed by atoms with E-state index in [0.29, 0.717) is 10.6 Å². The number of aryl methyl sites for hydroxylation is 2. The normalized spacial score (nSPS) is 12.2. The van der Waals surface area contributed by atoms with Gasteiger partial charge in [-0.25, -0.2) is 0 Å². The van der Waals surface area contributed by atoms with Crippen LogP contribution in [0.15, 0.2) is 47.4 Å². The summed E-state index contributed by atoms with van der Waals surface area (Å²) in [6.45, 7) is 6.10. The Morgan fingerprint density at radius 1 is 1.10 bits per heavy atom. The first-order valence-electron chi connectivity index (χ1n) is 6.51. The smallest absolute Gasteiger partial charge is 0.175 e. The lowest BCUT2D eigenvalue weighted by molar-refractivity contribution is 0.0994. The summed E-state index contributed by atoms with van der Waals surface area (Å²) in [6, 6.07) is 13.4. The van der Waals surface area contributed by atoms with Crippen molar-refractivity contribution in [1.29, 1.82) is 0 Å². The Morgan fingerprint density at radius 2 is 1.75 bits per heavy atom. The number of hydrogen-bond acceptors (Lipinski definition) is 2. The second kappa shape index (κ2) is 6.47. The highest BCUT2D eigenvalue weighted by Crippen LogP contribution is 2.29. The van der Waals surface area contributed by atoms with Gasteiger partial charge in [-0.1, -0.05) is 29.3 Å². The van der Waals surface area contributed by atoms with Crippen LogP contribution >= 0.6 is 23.4 Å². The number of ketones is 1. The van der Waals surface area contributed by atoms with Crippen molar-refractivity contribution in [2.24, 2.45) is 0 Å². The molecule has 0 aromatic heterocycles. The van der Waals surface area contributed by atoms with Crippen molar-refractivity contribution in [1.82, 2.24) is 0 Å². The predicted octanol–water partition coefficient (Wildman–Crippen LogP) is 5.32. The summed E-state index contributed by atoms with van der Waals surface area (Å²) >= 11 is 7.45. The summed E-state index contributed by atoms with van der Waals surface area (Å²) in [5.74, 6) is 0.131. The lowest BCUT2D eigenvalue weighted by Crippen LogP contribution is -2.13. The van der Waals surface area contributed by atoms with Gasteiger partial charge < -0.3 is 0 Å². The second-order valence-electron chi connectivity index (χ2n) is 4.90. The number of thioether (sulfide) groups is 1. The second-order valence-corrected chi connectivity index (χ2v) is 6.72. The lowest BCUT2D eigenvalue weighted by Gasteiger charge is -2.12. The Balaban J connectivity index is 2.13. The average molecular weight is 305 g/mol. The van der Waals surface area contributed by atoms with Gasteiger partial charge in [0.05, 0.1) is 5.25 Å². The molecule has 2 aromatic rings. The molecule has 0 N–H and O–H groups in total. The Bertz CT molecular complexity index is 619. The van der Waals surface area contributed by atoms with E-state index >= 15 is 0 Å². The topological polar surface area (TPSA) is 17.1 Å². The molecule has 0 saturated heterocycles. The highest BCUT2D eigenvalue weighted by molar-refractivity contribution is 8.00. The molecule has 1 nitrogen and oxygen atoms in total. The Labute approximate surface area is 129 Å². The van der Waals surface area contributed by atoms with Crippen molar-refractivity contribution in [3.05, 3.63) is 64.2 Å². The molecular formula is C17H17ClOS. The molecular weight excluding hydrogens is 288 g/mol. The maximum absolute atomic E-state index is 12.4. The molecule has 0 saturated carbocycles. The zero-order valence-corrected chi connectivity index (χ0v) is 13.4. The van der Waals surface area contributed by atoms with Crippen molar-refractivity contribution in [2.45, 2.75) is 30.9 Å². The molecule has 0 radical (unpaired) electrons. The van der Waals surface area contributed by atoms with E-state index in [2.05, 4.69) is 32.0 Å². The van der Waals surface area contributed by atoms with E-state index in [0.717, 1.165) is 4.90 Å². The number of rotatable bonds is 4. The molecule has 20 heavy (non-hydrogen) atoms. The standard InChI is InChI=1S/C17H17ClOS/c1-11-4-9-16(12(2)10-11)20-13(3)17(19)14-5-7-15(18)8-6-14/h4-10,13H,1-3H3. The van der Waals surface area contributed by atoms with Gasteiger partial charge in [0, 0.05) is 15.5 Å². The minimum Gasteiger partial charge on any atom is -0.293 e. The van der Waals surface area contributed by atoms with Gasteiger partial charge in [-0.05, 0) is 56.7 Å². The summed E-state index contributed by atoms with van der Waals surface area (Å²) in [5.41, 5.74) is 3.16. The quantitative estimate of drug-likeness (QED) is 0.561. The average Bonchev–Trinajstić information content (AvgIpc) is 2.42. The fourth-order valence-corrected chi connectivity index (χ4v) is 3.17. The van der Waals surface area contributed by atoms with Crippen molar-refractivity contribution in [3.63, 3.8) is 0 Å². The predicted molar refractivity (Wildman–Crippen MR) is 87.0 cm³/mol. The van der Waals surface area contributed by atoms with Gasteiger partial charge in [-0.3, -0.25) is 4.79 Å². The van der Waals surface area contributed by atoms with E-state index < -0.39 is 0 Å². The van der Waals surface area contributed by atoms with E-state index in [9.17, 15) is 4.79 Å². The van der Waals surface area contributed by atoms with Gasteiger partial charge >= 0.3 is 0 Å². The minimum absolute atomic E-state index is 0.113. The number of halogens is 1. The van der Waals surface area contributed by atoms with Gasteiger partial charge in [-0.2, -0.15) is 0 Å². The maximum atomic E-state index is 12.4. The first-order valence-corrected chi connectivity index (χ1v) is 7.77. The summed E-state index contributed by atoms with van der Waals surface area (Å²) in [5, 5.41) is 0.536. The number of carbonyl (C=O) groups is 1. The van der Waals surface area contributed by atoms with Crippen molar-refractivity contribution in [2.75, 3.05) is 0 Å². The van der Waals surface area contributed by atoms with E-state index in [1.54, 1.807) is 36.0 Å². The SMILES string of the molecule is Cc1ccc(SC(C)C(=O)c2ccc(Cl)cc2)c(C)c1. The van der Waals surface area contributed by atoms with Crippen molar-refractivity contribution in [3.8, 4) is 0 Å². The fourth-order valence-electron chi connectivity index (χ4n) is 2.02. The molecule has 0 bridgehead atoms. The molecule has 0 fully saturated rings. The third-order valence-corrected chi connectivity index (χ3v) is 4.66. The molecule has 0 aliphatic heterocycles. The van der Waals surface area contributed by atoms with E-state index in [4.69, 9.17) is 11.6 Å². The van der Waals surface area contributed by atoms with E-state index in [1.165, 1.54) is 11.1 Å². The highest BCUT2D eigenvalue weighted by Gasteiger charge is 2.17. The Morgan fingerprint density at radius 3 is 2.35 bits per heavy atom. The van der Waals surface area contributed by atoms with Crippen molar-refractivity contribution >= 4 is 29.1 Å². The molecule has 0 aliphatic rings. The van der Waals surface area contributed by atoms with Gasteiger partial charge in [0.2, 0.25) is 0 Å². The molecule has 3 heteroatoms. The molecule has 1 unspecified atom stereocenters. The minimum atomic E-state index is -0.113. The molecule has 0 aliphatic carbocycles. The largest absolute Gasteiger partial charge is 0.293 e. The van der Waals surface area contributed by atoms with Crippen molar-refractivity contribution < 1.29 is 4.79 Å².